The first-order valence-electron chi connectivity index (χ1n) is 4.34. The number of aromatic nitrogens is 2. The number of benzene rings is 1. The van der Waals surface area contributed by atoms with Gasteiger partial charge in [-0.2, -0.15) is 0 Å². The summed E-state index contributed by atoms with van der Waals surface area (Å²) in [5.41, 5.74) is 6.48. The number of amides is 1. The van der Waals surface area contributed by atoms with E-state index in [2.05, 4.69) is 9.97 Å². The van der Waals surface area contributed by atoms with Gasteiger partial charge in [-0.05, 0) is 18.2 Å². The van der Waals surface area contributed by atoms with E-state index in [1.165, 1.54) is 6.33 Å². The fourth-order valence-electron chi connectivity index (χ4n) is 1.39. The van der Waals surface area contributed by atoms with Crippen molar-refractivity contribution < 1.29 is 4.79 Å². The summed E-state index contributed by atoms with van der Waals surface area (Å²) in [4.78, 5) is 18.9. The highest BCUT2D eigenvalue weighted by atomic mass is 35.5. The summed E-state index contributed by atoms with van der Waals surface area (Å²) < 4.78 is 0. The van der Waals surface area contributed by atoms with Gasteiger partial charge < -0.3 is 5.73 Å². The van der Waals surface area contributed by atoms with Gasteiger partial charge in [-0.15, -0.1) is 0 Å². The highest BCUT2D eigenvalue weighted by Gasteiger charge is 2.06. The van der Waals surface area contributed by atoms with Crippen molar-refractivity contribution in [2.75, 3.05) is 0 Å². The molecule has 2 rings (SSSR count). The molecule has 0 radical (unpaired) electrons. The first-order valence-corrected chi connectivity index (χ1v) is 4.72. The Hall–Kier alpha value is -1.68. The van der Waals surface area contributed by atoms with E-state index >= 15 is 0 Å². The van der Waals surface area contributed by atoms with Crippen LogP contribution in [-0.4, -0.2) is 15.9 Å². The number of fused-ring (bicyclic) bond motifs is 1. The Balaban J connectivity index is 2.63. The molecule has 1 aromatic heterocycles. The van der Waals surface area contributed by atoms with Gasteiger partial charge in [0.15, 0.2) is 0 Å². The van der Waals surface area contributed by atoms with Crippen molar-refractivity contribution in [1.29, 1.82) is 0 Å². The van der Waals surface area contributed by atoms with E-state index in [0.717, 1.165) is 10.9 Å². The smallest absolute Gasteiger partial charge is 0.223 e. The number of hydrogen-bond donors (Lipinski definition) is 1. The molecule has 1 heterocycles. The molecule has 0 aliphatic heterocycles. The molecule has 1 aromatic carbocycles. The van der Waals surface area contributed by atoms with Crippen LogP contribution in [0.5, 0.6) is 0 Å². The molecule has 1 amide bonds. The van der Waals surface area contributed by atoms with Crippen LogP contribution in [0.3, 0.4) is 0 Å². The highest BCUT2D eigenvalue weighted by molar-refractivity contribution is 6.31. The second-order valence-corrected chi connectivity index (χ2v) is 3.56. The summed E-state index contributed by atoms with van der Waals surface area (Å²) in [5, 5.41) is 1.35. The van der Waals surface area contributed by atoms with Gasteiger partial charge >= 0.3 is 0 Å². The van der Waals surface area contributed by atoms with Crippen molar-refractivity contribution in [1.82, 2.24) is 9.97 Å². The lowest BCUT2D eigenvalue weighted by atomic mass is 10.1. The average molecular weight is 222 g/mol. The van der Waals surface area contributed by atoms with Crippen LogP contribution in [0.2, 0.25) is 5.02 Å². The minimum absolute atomic E-state index is 0.0966. The largest absolute Gasteiger partial charge is 0.369 e. The third-order valence-electron chi connectivity index (χ3n) is 2.02. The number of nitrogens with two attached hydrogens (primary N) is 1. The van der Waals surface area contributed by atoms with Crippen molar-refractivity contribution in [3.8, 4) is 0 Å². The van der Waals surface area contributed by atoms with Crippen LogP contribution in [0.15, 0.2) is 24.5 Å². The van der Waals surface area contributed by atoms with Gasteiger partial charge in [0.2, 0.25) is 5.91 Å². The minimum atomic E-state index is -0.421. The lowest BCUT2D eigenvalue weighted by Gasteiger charge is -2.02. The second-order valence-electron chi connectivity index (χ2n) is 3.12. The molecule has 5 heteroatoms. The minimum Gasteiger partial charge on any atom is -0.369 e. The van der Waals surface area contributed by atoms with Crippen LogP contribution in [0, 0.1) is 0 Å². The Morgan fingerprint density at radius 2 is 2.20 bits per heavy atom. The molecule has 0 bridgehead atoms. The zero-order chi connectivity index (χ0) is 10.8. The Labute approximate surface area is 91.1 Å². The monoisotopic (exact) mass is 221 g/mol. The molecule has 0 aliphatic rings. The van der Waals surface area contributed by atoms with Crippen molar-refractivity contribution >= 4 is 28.4 Å². The van der Waals surface area contributed by atoms with Gasteiger partial charge in [-0.25, -0.2) is 9.97 Å². The van der Waals surface area contributed by atoms with Gasteiger partial charge in [0.05, 0.1) is 17.6 Å². The van der Waals surface area contributed by atoms with E-state index in [-0.39, 0.29) is 6.42 Å². The lowest BCUT2D eigenvalue weighted by Crippen LogP contribution is -2.14. The van der Waals surface area contributed by atoms with Crippen molar-refractivity contribution in [3.05, 3.63) is 35.2 Å². The maximum absolute atomic E-state index is 10.8. The van der Waals surface area contributed by atoms with Crippen LogP contribution in [0.4, 0.5) is 0 Å². The number of hydrogen-bond acceptors (Lipinski definition) is 3. The van der Waals surface area contributed by atoms with E-state index in [4.69, 9.17) is 17.3 Å². The predicted octanol–water partition coefficient (Wildman–Crippen LogP) is 1.31. The van der Waals surface area contributed by atoms with Crippen LogP contribution >= 0.6 is 11.6 Å². The molecule has 4 nitrogen and oxygen atoms in total. The molecule has 2 aromatic rings. The predicted molar refractivity (Wildman–Crippen MR) is 57.4 cm³/mol. The molecular weight excluding hydrogens is 214 g/mol. The first kappa shape index (κ1) is 9.86. The number of carbonyl (C=O) groups is 1. The van der Waals surface area contributed by atoms with Crippen molar-refractivity contribution in [2.24, 2.45) is 5.73 Å². The Morgan fingerprint density at radius 3 is 2.93 bits per heavy atom. The fourth-order valence-corrected chi connectivity index (χ4v) is 1.56. The number of rotatable bonds is 2. The molecule has 15 heavy (non-hydrogen) atoms. The molecule has 0 spiro atoms. The van der Waals surface area contributed by atoms with Crippen molar-refractivity contribution in [3.63, 3.8) is 0 Å². The molecule has 2 N–H and O–H groups in total. The van der Waals surface area contributed by atoms with E-state index in [1.54, 1.807) is 18.2 Å². The number of nitrogens with zero attached hydrogens (tertiary/aromatic N) is 2. The fraction of sp³-hybridized carbons (Fsp3) is 0.100. The lowest BCUT2D eigenvalue weighted by molar-refractivity contribution is -0.117. The van der Waals surface area contributed by atoms with Crippen LogP contribution in [0.25, 0.3) is 10.9 Å². The molecule has 0 atom stereocenters. The molecule has 76 valence electrons. The maximum atomic E-state index is 10.8. The standard InChI is InChI=1S/C10H8ClN3O/c11-6-1-2-8-7(3-6)9(4-10(12)15)14-5-13-8/h1-3,5H,4H2,(H2,12,15). The molecule has 0 saturated carbocycles. The third kappa shape index (κ3) is 2.05. The van der Waals surface area contributed by atoms with Gasteiger partial charge in [-0.1, -0.05) is 11.6 Å². The third-order valence-corrected chi connectivity index (χ3v) is 2.26. The van der Waals surface area contributed by atoms with E-state index in [1.807, 2.05) is 0 Å². The van der Waals surface area contributed by atoms with Crippen LogP contribution in [0.1, 0.15) is 5.69 Å². The molecule has 0 saturated heterocycles. The van der Waals surface area contributed by atoms with Gasteiger partial charge in [-0.3, -0.25) is 4.79 Å². The molecule has 0 fully saturated rings. The first-order chi connectivity index (χ1) is 7.16. The molecular formula is C10H8ClN3O. The van der Waals surface area contributed by atoms with E-state index in [9.17, 15) is 4.79 Å². The van der Waals surface area contributed by atoms with Gasteiger partial charge in [0, 0.05) is 10.4 Å². The van der Waals surface area contributed by atoms with Gasteiger partial charge in [0.1, 0.15) is 6.33 Å². The quantitative estimate of drug-likeness (QED) is 0.831. The zero-order valence-electron chi connectivity index (χ0n) is 7.77. The summed E-state index contributed by atoms with van der Waals surface area (Å²) in [5.74, 6) is -0.421. The average Bonchev–Trinajstić information content (AvgIpc) is 2.18. The number of primary amides is 1. The summed E-state index contributed by atoms with van der Waals surface area (Å²) in [7, 11) is 0. The zero-order valence-corrected chi connectivity index (χ0v) is 8.53. The van der Waals surface area contributed by atoms with E-state index < -0.39 is 5.91 Å². The second kappa shape index (κ2) is 3.82. The highest BCUT2D eigenvalue weighted by Crippen LogP contribution is 2.19. The normalized spacial score (nSPS) is 10.5. The topological polar surface area (TPSA) is 68.9 Å². The Morgan fingerprint density at radius 1 is 1.40 bits per heavy atom. The van der Waals surface area contributed by atoms with Gasteiger partial charge in [0.25, 0.3) is 0 Å². The van der Waals surface area contributed by atoms with Crippen LogP contribution in [-0.2, 0) is 11.2 Å². The summed E-state index contributed by atoms with van der Waals surface area (Å²) in [6.45, 7) is 0. The summed E-state index contributed by atoms with van der Waals surface area (Å²) >= 11 is 5.86. The number of carbonyl (C=O) groups excluding carboxylic acids is 1. The molecule has 0 unspecified atom stereocenters. The molecule has 0 aliphatic carbocycles. The van der Waals surface area contributed by atoms with Crippen LogP contribution < -0.4 is 5.73 Å². The Kier molecular flexibility index (Phi) is 2.51. The van der Waals surface area contributed by atoms with Crippen molar-refractivity contribution in [2.45, 2.75) is 6.42 Å². The maximum Gasteiger partial charge on any atom is 0.223 e. The van der Waals surface area contributed by atoms with E-state index in [0.29, 0.717) is 10.7 Å². The summed E-state index contributed by atoms with van der Waals surface area (Å²) in [6.07, 6.45) is 1.51. The summed E-state index contributed by atoms with van der Waals surface area (Å²) in [6, 6.07) is 5.25. The Bertz CT molecular complexity index is 527. The number of halogens is 1. The SMILES string of the molecule is NC(=O)Cc1ncnc2ccc(Cl)cc12.